The van der Waals surface area contributed by atoms with E-state index in [-0.39, 0.29) is 29.9 Å². The van der Waals surface area contributed by atoms with Gasteiger partial charge in [-0.3, -0.25) is 9.78 Å². The van der Waals surface area contributed by atoms with Crippen LogP contribution in [-0.2, 0) is 26.0 Å². The first-order valence-corrected chi connectivity index (χ1v) is 12.0. The summed E-state index contributed by atoms with van der Waals surface area (Å²) >= 11 is 0. The predicted octanol–water partition coefficient (Wildman–Crippen LogP) is 1.03. The van der Waals surface area contributed by atoms with Crippen molar-refractivity contribution in [2.24, 2.45) is 0 Å². The van der Waals surface area contributed by atoms with Crippen LogP contribution in [0.4, 0.5) is 0 Å². The van der Waals surface area contributed by atoms with E-state index in [1.807, 2.05) is 6.07 Å². The lowest BCUT2D eigenvalue weighted by Crippen LogP contribution is -2.51. The summed E-state index contributed by atoms with van der Waals surface area (Å²) in [7, 11) is -2.25. The van der Waals surface area contributed by atoms with Crippen LogP contribution in [0.3, 0.4) is 0 Å². The van der Waals surface area contributed by atoms with Crippen LogP contribution in [0.25, 0.3) is 0 Å². The van der Waals surface area contributed by atoms with Crippen molar-refractivity contribution in [2.45, 2.75) is 48.8 Å². The highest BCUT2D eigenvalue weighted by Gasteiger charge is 2.33. The molecular weight excluding hydrogens is 434 g/mol. The Hall–Kier alpha value is -2.53. The van der Waals surface area contributed by atoms with Crippen LogP contribution >= 0.6 is 0 Å². The van der Waals surface area contributed by atoms with Crippen molar-refractivity contribution in [3.05, 3.63) is 54.4 Å². The maximum atomic E-state index is 12.7. The van der Waals surface area contributed by atoms with Crippen LogP contribution in [0.15, 0.2) is 53.6 Å². The van der Waals surface area contributed by atoms with Gasteiger partial charge in [-0.25, -0.2) is 13.1 Å². The second kappa shape index (κ2) is 11.4. The normalized spacial score (nSPS) is 21.1. The van der Waals surface area contributed by atoms with E-state index in [1.54, 1.807) is 30.5 Å². The average Bonchev–Trinajstić information content (AvgIpc) is 2.80. The Bertz CT molecular complexity index is 969. The van der Waals surface area contributed by atoms with Crippen molar-refractivity contribution >= 4 is 15.9 Å². The Morgan fingerprint density at radius 2 is 2.00 bits per heavy atom. The monoisotopic (exact) mass is 463 g/mol. The first-order valence-electron chi connectivity index (χ1n) is 10.5. The van der Waals surface area contributed by atoms with Gasteiger partial charge >= 0.3 is 0 Å². The number of rotatable bonds is 10. The fraction of sp³-hybridized carbons (Fsp3) is 0.455. The molecule has 1 saturated heterocycles. The number of aliphatic hydroxyl groups excluding tert-OH is 1. The number of pyridine rings is 1. The summed E-state index contributed by atoms with van der Waals surface area (Å²) in [6, 6.07) is 11.0. The number of benzene rings is 1. The zero-order chi connectivity index (χ0) is 23.0. The Balaban J connectivity index is 1.47. The Labute approximate surface area is 188 Å². The highest BCUT2D eigenvalue weighted by Crippen LogP contribution is 2.24. The Morgan fingerprint density at radius 1 is 1.22 bits per heavy atom. The van der Waals surface area contributed by atoms with Gasteiger partial charge < -0.3 is 19.9 Å². The number of ether oxygens (including phenoxy) is 2. The maximum Gasteiger partial charge on any atom is 0.240 e. The molecule has 3 N–H and O–H groups in total. The summed E-state index contributed by atoms with van der Waals surface area (Å²) in [4.78, 5) is 16.3. The summed E-state index contributed by atoms with van der Waals surface area (Å²) in [5.41, 5.74) is 0.700. The number of sulfonamides is 1. The number of carbonyl (C=O) groups excluding carboxylic acids is 1. The molecule has 3 atom stereocenters. The topological polar surface area (TPSA) is 127 Å². The number of amides is 1. The van der Waals surface area contributed by atoms with Gasteiger partial charge in [-0.05, 0) is 55.7 Å². The zero-order valence-corrected chi connectivity index (χ0v) is 18.8. The van der Waals surface area contributed by atoms with Crippen molar-refractivity contribution in [3.8, 4) is 5.75 Å². The predicted molar refractivity (Wildman–Crippen MR) is 118 cm³/mol. The third-order valence-corrected chi connectivity index (χ3v) is 6.83. The van der Waals surface area contributed by atoms with Crippen molar-refractivity contribution in [3.63, 3.8) is 0 Å². The lowest BCUT2D eigenvalue weighted by molar-refractivity contribution is -0.121. The van der Waals surface area contributed by atoms with Crippen molar-refractivity contribution in [1.82, 2.24) is 15.0 Å². The number of methoxy groups -OCH3 is 1. The van der Waals surface area contributed by atoms with Gasteiger partial charge in [0.1, 0.15) is 5.75 Å². The molecule has 1 aromatic carbocycles. The second-order valence-electron chi connectivity index (χ2n) is 7.60. The number of carbonyl (C=O) groups is 1. The highest BCUT2D eigenvalue weighted by molar-refractivity contribution is 7.89. The van der Waals surface area contributed by atoms with Crippen LogP contribution in [-0.4, -0.2) is 62.9 Å². The molecule has 2 heterocycles. The fourth-order valence-electron chi connectivity index (χ4n) is 3.60. The molecule has 0 bridgehead atoms. The van der Waals surface area contributed by atoms with E-state index in [1.165, 1.54) is 19.2 Å². The molecule has 1 aliphatic rings. The summed E-state index contributed by atoms with van der Waals surface area (Å²) in [5.74, 6) is 0.441. The van der Waals surface area contributed by atoms with Gasteiger partial charge in [0, 0.05) is 18.4 Å². The molecule has 174 valence electrons. The number of nitrogens with zero attached hydrogens (tertiary/aromatic N) is 1. The van der Waals surface area contributed by atoms with E-state index >= 15 is 0 Å². The lowest BCUT2D eigenvalue weighted by atomic mass is 9.98. The number of hydrogen-bond donors (Lipinski definition) is 3. The molecule has 0 aliphatic carbocycles. The molecule has 10 heteroatoms. The van der Waals surface area contributed by atoms with Gasteiger partial charge in [0.05, 0.1) is 43.3 Å². The minimum absolute atomic E-state index is 0.118. The van der Waals surface area contributed by atoms with E-state index in [4.69, 9.17) is 9.47 Å². The molecule has 0 saturated carbocycles. The molecule has 1 aliphatic heterocycles. The summed E-state index contributed by atoms with van der Waals surface area (Å²) in [5, 5.41) is 12.6. The number of hydrogen-bond acceptors (Lipinski definition) is 7. The molecule has 1 amide bonds. The molecule has 1 fully saturated rings. The molecule has 0 unspecified atom stereocenters. The molecule has 0 spiro atoms. The van der Waals surface area contributed by atoms with Gasteiger partial charge in [0.15, 0.2) is 0 Å². The van der Waals surface area contributed by atoms with Crippen LogP contribution in [0.2, 0.25) is 0 Å². The van der Waals surface area contributed by atoms with Crippen molar-refractivity contribution in [1.29, 1.82) is 0 Å². The van der Waals surface area contributed by atoms with Crippen LogP contribution in [0, 0.1) is 0 Å². The van der Waals surface area contributed by atoms with E-state index in [9.17, 15) is 18.3 Å². The smallest absolute Gasteiger partial charge is 0.240 e. The average molecular weight is 464 g/mol. The van der Waals surface area contributed by atoms with E-state index in [0.717, 1.165) is 0 Å². The highest BCUT2D eigenvalue weighted by atomic mass is 32.2. The van der Waals surface area contributed by atoms with E-state index in [0.29, 0.717) is 37.3 Å². The number of aliphatic hydroxyl groups is 1. The third kappa shape index (κ3) is 6.73. The van der Waals surface area contributed by atoms with Gasteiger partial charge in [-0.1, -0.05) is 6.07 Å². The number of aromatic nitrogens is 1. The molecule has 32 heavy (non-hydrogen) atoms. The maximum absolute atomic E-state index is 12.7. The first kappa shape index (κ1) is 24.1. The van der Waals surface area contributed by atoms with Crippen molar-refractivity contribution in [2.75, 3.05) is 20.3 Å². The second-order valence-corrected chi connectivity index (χ2v) is 9.31. The summed E-state index contributed by atoms with van der Waals surface area (Å²) in [6.45, 7) is 0.120. The molecule has 9 nitrogen and oxygen atoms in total. The number of nitrogens with one attached hydrogen (secondary N) is 2. The summed E-state index contributed by atoms with van der Waals surface area (Å²) in [6.07, 6.45) is 2.72. The Kier molecular flexibility index (Phi) is 8.57. The van der Waals surface area contributed by atoms with Gasteiger partial charge in [0.2, 0.25) is 15.9 Å². The molecule has 3 rings (SSSR count). The van der Waals surface area contributed by atoms with Crippen molar-refractivity contribution < 1.29 is 27.8 Å². The fourth-order valence-corrected chi connectivity index (χ4v) is 4.90. The third-order valence-electron chi connectivity index (χ3n) is 5.33. The zero-order valence-electron chi connectivity index (χ0n) is 17.9. The minimum atomic E-state index is -3.76. The molecule has 0 radical (unpaired) electrons. The summed E-state index contributed by atoms with van der Waals surface area (Å²) < 4.78 is 39.0. The minimum Gasteiger partial charge on any atom is -0.497 e. The van der Waals surface area contributed by atoms with Crippen LogP contribution in [0.1, 0.15) is 25.0 Å². The van der Waals surface area contributed by atoms with Gasteiger partial charge in [0.25, 0.3) is 0 Å². The Morgan fingerprint density at radius 3 is 2.66 bits per heavy atom. The van der Waals surface area contributed by atoms with Crippen LogP contribution < -0.4 is 14.8 Å². The SMILES string of the molecule is COc1ccc(S(=O)(=O)N[C@@H]2CC[C@H](CCNC(=O)Cc3ccccn3)O[C@H]2CO)cc1. The quantitative estimate of drug-likeness (QED) is 0.480. The first-order chi connectivity index (χ1) is 15.4. The lowest BCUT2D eigenvalue weighted by Gasteiger charge is -2.36. The van der Waals surface area contributed by atoms with Gasteiger partial charge in [-0.2, -0.15) is 0 Å². The standard InChI is InChI=1S/C22H29N3O6S/c1-30-17-5-8-19(9-6-17)32(28,29)25-20-10-7-18(31-21(20)15-26)11-13-24-22(27)14-16-4-2-3-12-23-16/h2-6,8-9,12,18,20-21,25-26H,7,10-11,13-15H2,1H3,(H,24,27)/t18-,20-,21+/m1/s1. The van der Waals surface area contributed by atoms with Crippen LogP contribution in [0.5, 0.6) is 5.75 Å². The van der Waals surface area contributed by atoms with E-state index < -0.39 is 22.2 Å². The largest absolute Gasteiger partial charge is 0.497 e. The molecular formula is C22H29N3O6S. The molecule has 2 aromatic rings. The van der Waals surface area contributed by atoms with Gasteiger partial charge in [-0.15, -0.1) is 0 Å². The van der Waals surface area contributed by atoms with E-state index in [2.05, 4.69) is 15.0 Å². The molecule has 1 aromatic heterocycles.